The Morgan fingerprint density at radius 2 is 2.11 bits per heavy atom. The number of hydrogen-bond acceptors (Lipinski definition) is 3. The summed E-state index contributed by atoms with van der Waals surface area (Å²) in [6.07, 6.45) is 1.53. The number of anilines is 1. The van der Waals surface area contributed by atoms with Crippen LogP contribution in [0.1, 0.15) is 16.1 Å². The van der Waals surface area contributed by atoms with Gasteiger partial charge in [-0.2, -0.15) is 5.10 Å². The molecule has 0 saturated heterocycles. The number of carbonyl (C=O) groups excluding carboxylic acids is 1. The number of benzene rings is 1. The van der Waals surface area contributed by atoms with E-state index in [1.165, 1.54) is 10.9 Å². The van der Waals surface area contributed by atoms with Crippen LogP contribution in [0, 0.1) is 0 Å². The average Bonchev–Trinajstić information content (AvgIpc) is 2.66. The number of aromatic nitrogens is 2. The highest BCUT2D eigenvalue weighted by Gasteiger charge is 2.12. The Morgan fingerprint density at radius 1 is 1.39 bits per heavy atom. The fraction of sp³-hybridized carbons (Fsp3) is 0.0909. The molecule has 0 bridgehead atoms. The molecule has 1 heterocycles. The van der Waals surface area contributed by atoms with E-state index in [1.807, 2.05) is 6.07 Å². The van der Waals surface area contributed by atoms with E-state index in [0.29, 0.717) is 16.6 Å². The molecule has 2 aromatic rings. The Hall–Kier alpha value is -1.72. The van der Waals surface area contributed by atoms with Crippen molar-refractivity contribution in [1.82, 2.24) is 9.78 Å². The fourth-order valence-corrected chi connectivity index (χ4v) is 1.93. The van der Waals surface area contributed by atoms with E-state index < -0.39 is 5.91 Å². The van der Waals surface area contributed by atoms with Gasteiger partial charge >= 0.3 is 0 Å². The number of nitrogen functional groups attached to an aromatic ring is 1. The van der Waals surface area contributed by atoms with Crippen LogP contribution in [0.2, 0.25) is 10.0 Å². The molecule has 94 valence electrons. The summed E-state index contributed by atoms with van der Waals surface area (Å²) < 4.78 is 1.49. The highest BCUT2D eigenvalue weighted by molar-refractivity contribution is 6.42. The van der Waals surface area contributed by atoms with Gasteiger partial charge in [0.1, 0.15) is 0 Å². The van der Waals surface area contributed by atoms with Crippen molar-refractivity contribution in [3.05, 3.63) is 45.7 Å². The monoisotopic (exact) mass is 284 g/mol. The van der Waals surface area contributed by atoms with Crippen molar-refractivity contribution in [2.75, 3.05) is 5.73 Å². The molecular formula is C11H10Cl2N4O. The minimum absolute atomic E-state index is 0.0492. The first kappa shape index (κ1) is 12.7. The van der Waals surface area contributed by atoms with E-state index >= 15 is 0 Å². The van der Waals surface area contributed by atoms with Gasteiger partial charge in [0.2, 0.25) is 0 Å². The van der Waals surface area contributed by atoms with Gasteiger partial charge in [0.05, 0.1) is 22.3 Å². The van der Waals surface area contributed by atoms with Gasteiger partial charge in [-0.15, -0.1) is 0 Å². The number of rotatable bonds is 3. The first-order chi connectivity index (χ1) is 8.49. The number of hydrogen-bond donors (Lipinski definition) is 2. The molecule has 0 aliphatic rings. The molecule has 0 spiro atoms. The van der Waals surface area contributed by atoms with Crippen LogP contribution < -0.4 is 11.5 Å². The van der Waals surface area contributed by atoms with Gasteiger partial charge < -0.3 is 11.5 Å². The van der Waals surface area contributed by atoms with Crippen molar-refractivity contribution in [2.45, 2.75) is 6.54 Å². The summed E-state index contributed by atoms with van der Waals surface area (Å²) in [7, 11) is 0. The molecule has 18 heavy (non-hydrogen) atoms. The lowest BCUT2D eigenvalue weighted by molar-refractivity contribution is 0.0995. The molecule has 7 heteroatoms. The Balaban J connectivity index is 2.32. The molecule has 0 aliphatic heterocycles. The molecule has 0 saturated carbocycles. The van der Waals surface area contributed by atoms with Crippen molar-refractivity contribution in [3.63, 3.8) is 0 Å². The number of amides is 1. The Labute approximate surface area is 113 Å². The average molecular weight is 285 g/mol. The zero-order valence-electron chi connectivity index (χ0n) is 9.23. The van der Waals surface area contributed by atoms with Crippen molar-refractivity contribution < 1.29 is 4.79 Å². The quantitative estimate of drug-likeness (QED) is 0.903. The first-order valence-corrected chi connectivity index (χ1v) is 5.80. The Kier molecular flexibility index (Phi) is 3.45. The largest absolute Gasteiger partial charge is 0.396 e. The molecule has 0 atom stereocenters. The van der Waals surface area contributed by atoms with Crippen molar-refractivity contribution in [3.8, 4) is 0 Å². The Morgan fingerprint density at radius 3 is 2.72 bits per heavy atom. The van der Waals surface area contributed by atoms with Crippen LogP contribution in [0.25, 0.3) is 0 Å². The zero-order valence-corrected chi connectivity index (χ0v) is 10.7. The van der Waals surface area contributed by atoms with Gasteiger partial charge in [0, 0.05) is 6.20 Å². The molecule has 1 aromatic carbocycles. The van der Waals surface area contributed by atoms with Crippen molar-refractivity contribution in [1.29, 1.82) is 0 Å². The van der Waals surface area contributed by atoms with E-state index in [0.717, 1.165) is 5.56 Å². The number of halogens is 2. The maximum absolute atomic E-state index is 11.0. The summed E-state index contributed by atoms with van der Waals surface area (Å²) in [6, 6.07) is 5.29. The van der Waals surface area contributed by atoms with Crippen LogP contribution in [0.4, 0.5) is 5.69 Å². The van der Waals surface area contributed by atoms with Gasteiger partial charge in [-0.3, -0.25) is 9.48 Å². The van der Waals surface area contributed by atoms with Crippen LogP contribution in [0.15, 0.2) is 24.4 Å². The lowest BCUT2D eigenvalue weighted by atomic mass is 10.2. The lowest BCUT2D eigenvalue weighted by Gasteiger charge is -2.05. The van der Waals surface area contributed by atoms with Crippen molar-refractivity contribution in [2.24, 2.45) is 5.73 Å². The predicted octanol–water partition coefficient (Wildman–Crippen LogP) is 1.92. The maximum Gasteiger partial charge on any atom is 0.271 e. The topological polar surface area (TPSA) is 86.9 Å². The van der Waals surface area contributed by atoms with E-state index in [1.54, 1.807) is 12.1 Å². The summed E-state index contributed by atoms with van der Waals surface area (Å²) in [5.41, 5.74) is 11.8. The lowest BCUT2D eigenvalue weighted by Crippen LogP contribution is -2.14. The van der Waals surface area contributed by atoms with Crippen LogP contribution in [-0.4, -0.2) is 15.7 Å². The van der Waals surface area contributed by atoms with Crippen LogP contribution >= 0.6 is 23.2 Å². The highest BCUT2D eigenvalue weighted by Crippen LogP contribution is 2.26. The van der Waals surface area contributed by atoms with E-state index in [4.69, 9.17) is 34.7 Å². The molecule has 0 radical (unpaired) electrons. The minimum Gasteiger partial charge on any atom is -0.396 e. The third kappa shape index (κ3) is 2.42. The number of nitrogens with two attached hydrogens (primary N) is 2. The summed E-state index contributed by atoms with van der Waals surface area (Å²) in [5, 5.41) is 4.91. The molecule has 1 amide bonds. The van der Waals surface area contributed by atoms with Crippen LogP contribution in [-0.2, 0) is 6.54 Å². The molecule has 0 aliphatic carbocycles. The third-order valence-corrected chi connectivity index (χ3v) is 3.25. The number of carbonyl (C=O) groups is 1. The molecular weight excluding hydrogens is 275 g/mol. The molecule has 0 fully saturated rings. The first-order valence-electron chi connectivity index (χ1n) is 5.04. The summed E-state index contributed by atoms with van der Waals surface area (Å²) in [4.78, 5) is 11.0. The molecule has 1 aromatic heterocycles. The normalized spacial score (nSPS) is 10.6. The highest BCUT2D eigenvalue weighted by atomic mass is 35.5. The summed E-state index contributed by atoms with van der Waals surface area (Å²) >= 11 is 12.0. The third-order valence-electron chi connectivity index (χ3n) is 2.39. The van der Waals surface area contributed by atoms with Gasteiger partial charge in [0.15, 0.2) is 5.69 Å². The predicted molar refractivity (Wildman–Crippen MR) is 70.7 cm³/mol. The van der Waals surface area contributed by atoms with E-state index in [2.05, 4.69) is 5.10 Å². The van der Waals surface area contributed by atoms with Gasteiger partial charge in [-0.1, -0.05) is 35.3 Å². The number of nitrogens with zero attached hydrogens (tertiary/aromatic N) is 2. The van der Waals surface area contributed by atoms with Gasteiger partial charge in [-0.25, -0.2) is 0 Å². The van der Waals surface area contributed by atoms with Gasteiger partial charge in [0.25, 0.3) is 5.91 Å². The van der Waals surface area contributed by atoms with Crippen LogP contribution in [0.3, 0.4) is 0 Å². The zero-order chi connectivity index (χ0) is 13.3. The van der Waals surface area contributed by atoms with E-state index in [-0.39, 0.29) is 11.4 Å². The number of primary amides is 1. The molecule has 4 N–H and O–H groups in total. The SMILES string of the molecule is NC(=O)c1nn(Cc2cccc(Cl)c2Cl)cc1N. The molecule has 0 unspecified atom stereocenters. The second-order valence-electron chi connectivity index (χ2n) is 3.71. The minimum atomic E-state index is -0.663. The summed E-state index contributed by atoms with van der Waals surface area (Å²) in [5.74, 6) is -0.663. The summed E-state index contributed by atoms with van der Waals surface area (Å²) in [6.45, 7) is 0.358. The second kappa shape index (κ2) is 4.88. The standard InChI is InChI=1S/C11H10Cl2N4O/c12-7-3-1-2-6(9(7)13)4-17-5-8(14)10(16-17)11(15)18/h1-3,5H,4,14H2,(H2,15,18). The molecule has 5 nitrogen and oxygen atoms in total. The van der Waals surface area contributed by atoms with Gasteiger partial charge in [-0.05, 0) is 11.6 Å². The fourth-order valence-electron chi connectivity index (χ4n) is 1.55. The maximum atomic E-state index is 11.0. The smallest absolute Gasteiger partial charge is 0.271 e. The van der Waals surface area contributed by atoms with Crippen molar-refractivity contribution >= 4 is 34.8 Å². The van der Waals surface area contributed by atoms with Crippen LogP contribution in [0.5, 0.6) is 0 Å². The second-order valence-corrected chi connectivity index (χ2v) is 4.49. The Bertz CT molecular complexity index is 609. The molecule has 2 rings (SSSR count). The van der Waals surface area contributed by atoms with E-state index in [9.17, 15) is 4.79 Å².